The Morgan fingerprint density at radius 3 is 2.88 bits per heavy atom. The van der Waals surface area contributed by atoms with Crippen LogP contribution in [0.1, 0.15) is 23.8 Å². The van der Waals surface area contributed by atoms with E-state index < -0.39 is 10.8 Å². The van der Waals surface area contributed by atoms with Crippen LogP contribution in [0.15, 0.2) is 16.7 Å². The van der Waals surface area contributed by atoms with Gasteiger partial charge in [0, 0.05) is 46.6 Å². The predicted octanol–water partition coefficient (Wildman–Crippen LogP) is 1.77. The molecule has 6 heteroatoms. The molecule has 1 heterocycles. The van der Waals surface area contributed by atoms with Crippen molar-refractivity contribution in [3.8, 4) is 0 Å². The van der Waals surface area contributed by atoms with Crippen molar-refractivity contribution in [2.75, 3.05) is 18.6 Å². The largest absolute Gasteiger partial charge is 0.350 e. The van der Waals surface area contributed by atoms with Crippen LogP contribution in [-0.4, -0.2) is 33.2 Å². The topological polar surface area (TPSA) is 51.1 Å². The van der Waals surface area contributed by atoms with Crippen molar-refractivity contribution in [1.29, 1.82) is 0 Å². The van der Waals surface area contributed by atoms with E-state index in [1.54, 1.807) is 12.3 Å². The van der Waals surface area contributed by atoms with Crippen LogP contribution in [0.4, 0.5) is 0 Å². The number of nitrogens with zero attached hydrogens (tertiary/aromatic N) is 1. The molecule has 0 aliphatic heterocycles. The first-order valence-corrected chi connectivity index (χ1v) is 8.00. The highest BCUT2D eigenvalue weighted by Crippen LogP contribution is 2.15. The molecule has 4 nitrogen and oxygen atoms in total. The van der Waals surface area contributed by atoms with Crippen LogP contribution >= 0.6 is 15.9 Å². The highest BCUT2D eigenvalue weighted by Gasteiger charge is 2.12. The number of aryl methyl sites for hydroxylation is 1. The molecule has 0 fully saturated rings. The van der Waals surface area contributed by atoms with Gasteiger partial charge in [-0.1, -0.05) is 6.92 Å². The van der Waals surface area contributed by atoms with Gasteiger partial charge in [-0.2, -0.15) is 0 Å². The highest BCUT2D eigenvalue weighted by atomic mass is 79.9. The molecule has 1 aromatic rings. The molecule has 0 aromatic carbocycles. The van der Waals surface area contributed by atoms with Gasteiger partial charge in [0.25, 0.3) is 5.91 Å². The molecule has 1 N–H and O–H groups in total. The van der Waals surface area contributed by atoms with Crippen LogP contribution in [0.3, 0.4) is 0 Å². The molecule has 1 unspecified atom stereocenters. The third-order valence-corrected chi connectivity index (χ3v) is 3.45. The Labute approximate surface area is 112 Å². The molecule has 17 heavy (non-hydrogen) atoms. The van der Waals surface area contributed by atoms with Gasteiger partial charge in [-0.15, -0.1) is 0 Å². The molecular weight excluding hydrogens is 304 g/mol. The Kier molecular flexibility index (Phi) is 5.91. The SMILES string of the molecule is CCCn1cc(Br)cc1C(=O)NCCS(C)=O. The van der Waals surface area contributed by atoms with Crippen LogP contribution in [-0.2, 0) is 17.3 Å². The van der Waals surface area contributed by atoms with E-state index in [-0.39, 0.29) is 5.91 Å². The normalized spacial score (nSPS) is 12.4. The molecule has 0 bridgehead atoms. The molecule has 0 aliphatic carbocycles. The number of nitrogens with one attached hydrogen (secondary N) is 1. The summed E-state index contributed by atoms with van der Waals surface area (Å²) in [5.41, 5.74) is 0.639. The lowest BCUT2D eigenvalue weighted by atomic mass is 10.4. The molecule has 1 amide bonds. The van der Waals surface area contributed by atoms with E-state index in [0.29, 0.717) is 18.0 Å². The molecule has 96 valence electrons. The van der Waals surface area contributed by atoms with Crippen LogP contribution in [0.25, 0.3) is 0 Å². The van der Waals surface area contributed by atoms with Gasteiger partial charge in [0.2, 0.25) is 0 Å². The lowest BCUT2D eigenvalue weighted by Crippen LogP contribution is -2.29. The summed E-state index contributed by atoms with van der Waals surface area (Å²) in [6.45, 7) is 3.32. The fraction of sp³-hybridized carbons (Fsp3) is 0.545. The number of hydrogen-bond donors (Lipinski definition) is 1. The highest BCUT2D eigenvalue weighted by molar-refractivity contribution is 9.10. The third kappa shape index (κ3) is 4.63. The van der Waals surface area contributed by atoms with Crippen molar-refractivity contribution in [3.05, 3.63) is 22.4 Å². The van der Waals surface area contributed by atoms with Gasteiger partial charge in [-0.3, -0.25) is 9.00 Å². The monoisotopic (exact) mass is 320 g/mol. The van der Waals surface area contributed by atoms with Crippen molar-refractivity contribution in [1.82, 2.24) is 9.88 Å². The number of aromatic nitrogens is 1. The second-order valence-electron chi connectivity index (χ2n) is 3.77. The summed E-state index contributed by atoms with van der Waals surface area (Å²) >= 11 is 3.36. The number of amides is 1. The van der Waals surface area contributed by atoms with Gasteiger partial charge in [-0.05, 0) is 28.4 Å². The fourth-order valence-electron chi connectivity index (χ4n) is 1.49. The van der Waals surface area contributed by atoms with Crippen molar-refractivity contribution in [2.45, 2.75) is 19.9 Å². The molecule has 0 radical (unpaired) electrons. The van der Waals surface area contributed by atoms with Crippen LogP contribution in [0.5, 0.6) is 0 Å². The zero-order valence-electron chi connectivity index (χ0n) is 10.0. The lowest BCUT2D eigenvalue weighted by Gasteiger charge is -2.07. The van der Waals surface area contributed by atoms with Gasteiger partial charge in [0.15, 0.2) is 0 Å². The summed E-state index contributed by atoms with van der Waals surface area (Å²) in [5, 5.41) is 2.77. The lowest BCUT2D eigenvalue weighted by molar-refractivity contribution is 0.0947. The van der Waals surface area contributed by atoms with E-state index in [9.17, 15) is 9.00 Å². The Bertz CT molecular complexity index is 418. The Hall–Kier alpha value is -0.620. The van der Waals surface area contributed by atoms with Gasteiger partial charge in [0.1, 0.15) is 5.69 Å². The van der Waals surface area contributed by atoms with Crippen molar-refractivity contribution in [2.24, 2.45) is 0 Å². The minimum atomic E-state index is -0.873. The Morgan fingerprint density at radius 2 is 2.29 bits per heavy atom. The smallest absolute Gasteiger partial charge is 0.267 e. The van der Waals surface area contributed by atoms with E-state index in [1.165, 1.54) is 0 Å². The molecule has 0 saturated carbocycles. The fourth-order valence-corrected chi connectivity index (χ4v) is 2.34. The van der Waals surface area contributed by atoms with Gasteiger partial charge >= 0.3 is 0 Å². The average Bonchev–Trinajstić information content (AvgIpc) is 2.59. The molecule has 1 atom stereocenters. The number of rotatable bonds is 6. The molecule has 0 aliphatic rings. The molecule has 0 saturated heterocycles. The molecule has 0 spiro atoms. The van der Waals surface area contributed by atoms with Gasteiger partial charge in [0.05, 0.1) is 0 Å². The van der Waals surface area contributed by atoms with Gasteiger partial charge in [-0.25, -0.2) is 0 Å². The van der Waals surface area contributed by atoms with Crippen molar-refractivity contribution < 1.29 is 9.00 Å². The summed E-state index contributed by atoms with van der Waals surface area (Å²) < 4.78 is 13.7. The van der Waals surface area contributed by atoms with E-state index in [2.05, 4.69) is 28.2 Å². The average molecular weight is 321 g/mol. The second-order valence-corrected chi connectivity index (χ2v) is 6.24. The van der Waals surface area contributed by atoms with E-state index >= 15 is 0 Å². The van der Waals surface area contributed by atoms with Gasteiger partial charge < -0.3 is 9.88 Å². The summed E-state index contributed by atoms with van der Waals surface area (Å²) in [7, 11) is -0.873. The number of halogens is 1. The number of carbonyl (C=O) groups excluding carboxylic acids is 1. The molecule has 1 rings (SSSR count). The maximum atomic E-state index is 11.9. The maximum absolute atomic E-state index is 11.9. The van der Waals surface area contributed by atoms with E-state index in [4.69, 9.17) is 0 Å². The van der Waals surface area contributed by atoms with Crippen LogP contribution in [0.2, 0.25) is 0 Å². The van der Waals surface area contributed by atoms with Crippen LogP contribution < -0.4 is 5.32 Å². The maximum Gasteiger partial charge on any atom is 0.267 e. The first-order valence-electron chi connectivity index (χ1n) is 5.48. The Morgan fingerprint density at radius 1 is 1.59 bits per heavy atom. The van der Waals surface area contributed by atoms with Crippen LogP contribution in [0, 0.1) is 0 Å². The first kappa shape index (κ1) is 14.4. The summed E-state index contributed by atoms with van der Waals surface area (Å²) in [6.07, 6.45) is 4.50. The second kappa shape index (κ2) is 6.96. The zero-order valence-corrected chi connectivity index (χ0v) is 12.4. The van der Waals surface area contributed by atoms with Crippen molar-refractivity contribution >= 4 is 32.6 Å². The number of hydrogen-bond acceptors (Lipinski definition) is 2. The molecular formula is C11H17BrN2O2S. The minimum Gasteiger partial charge on any atom is -0.350 e. The minimum absolute atomic E-state index is 0.116. The van der Waals surface area contributed by atoms with E-state index in [1.807, 2.05) is 10.8 Å². The predicted molar refractivity (Wildman–Crippen MR) is 73.7 cm³/mol. The first-order chi connectivity index (χ1) is 8.04. The summed E-state index contributed by atoms with van der Waals surface area (Å²) in [5.74, 6) is 0.371. The van der Waals surface area contributed by atoms with E-state index in [0.717, 1.165) is 17.4 Å². The molecule has 1 aromatic heterocycles. The van der Waals surface area contributed by atoms with Crippen molar-refractivity contribution in [3.63, 3.8) is 0 Å². The standard InChI is InChI=1S/C11H17BrN2O2S/c1-3-5-14-8-9(12)7-10(14)11(15)13-4-6-17(2)16/h7-8H,3-6H2,1-2H3,(H,13,15). The Balaban J connectivity index is 2.64. The summed E-state index contributed by atoms with van der Waals surface area (Å²) in [6, 6.07) is 1.80. The quantitative estimate of drug-likeness (QED) is 0.868. The number of carbonyl (C=O) groups is 1. The third-order valence-electron chi connectivity index (χ3n) is 2.24. The summed E-state index contributed by atoms with van der Waals surface area (Å²) in [4.78, 5) is 11.9. The zero-order chi connectivity index (χ0) is 12.8.